The standard InChI is InChI=1S/C10H14FN3/c11-9-1-2-13-10(7-9)8-14-5-3-12-4-6-14/h1-2,7,12H,3-6,8H2. The number of pyridine rings is 1. The molecule has 1 saturated heterocycles. The summed E-state index contributed by atoms with van der Waals surface area (Å²) in [6.45, 7) is 4.79. The molecule has 14 heavy (non-hydrogen) atoms. The molecule has 1 aliphatic heterocycles. The Morgan fingerprint density at radius 3 is 2.93 bits per heavy atom. The second-order valence-corrected chi connectivity index (χ2v) is 3.49. The molecule has 0 unspecified atom stereocenters. The molecule has 76 valence electrons. The van der Waals surface area contributed by atoms with Gasteiger partial charge < -0.3 is 5.32 Å². The summed E-state index contributed by atoms with van der Waals surface area (Å²) in [6.07, 6.45) is 1.52. The molecule has 1 fully saturated rings. The molecule has 0 aliphatic carbocycles. The Balaban J connectivity index is 1.95. The quantitative estimate of drug-likeness (QED) is 0.750. The highest BCUT2D eigenvalue weighted by molar-refractivity contribution is 5.05. The summed E-state index contributed by atoms with van der Waals surface area (Å²) in [5.74, 6) is -0.204. The molecule has 0 amide bonds. The van der Waals surface area contributed by atoms with E-state index in [9.17, 15) is 4.39 Å². The Morgan fingerprint density at radius 1 is 1.43 bits per heavy atom. The highest BCUT2D eigenvalue weighted by Crippen LogP contribution is 2.04. The molecule has 2 heterocycles. The SMILES string of the molecule is Fc1ccnc(CN2CCNCC2)c1. The molecule has 0 bridgehead atoms. The Labute approximate surface area is 82.9 Å². The van der Waals surface area contributed by atoms with Gasteiger partial charge in [0.25, 0.3) is 0 Å². The van der Waals surface area contributed by atoms with Crippen LogP contribution in [0, 0.1) is 5.82 Å². The van der Waals surface area contributed by atoms with Gasteiger partial charge >= 0.3 is 0 Å². The first-order chi connectivity index (χ1) is 6.84. The van der Waals surface area contributed by atoms with Crippen LogP contribution in [0.2, 0.25) is 0 Å². The summed E-state index contributed by atoms with van der Waals surface area (Å²) >= 11 is 0. The first-order valence-electron chi connectivity index (χ1n) is 4.88. The van der Waals surface area contributed by atoms with Crippen molar-refractivity contribution in [1.82, 2.24) is 15.2 Å². The average Bonchev–Trinajstić information content (AvgIpc) is 2.19. The molecule has 4 heteroatoms. The number of halogens is 1. The summed E-state index contributed by atoms with van der Waals surface area (Å²) in [7, 11) is 0. The van der Waals surface area contributed by atoms with Crippen LogP contribution in [-0.2, 0) is 6.54 Å². The van der Waals surface area contributed by atoms with E-state index < -0.39 is 0 Å². The molecule has 0 aromatic carbocycles. The molecular weight excluding hydrogens is 181 g/mol. The second kappa shape index (κ2) is 4.48. The van der Waals surface area contributed by atoms with Crippen molar-refractivity contribution >= 4 is 0 Å². The van der Waals surface area contributed by atoms with Gasteiger partial charge in [0.2, 0.25) is 0 Å². The van der Waals surface area contributed by atoms with Gasteiger partial charge in [-0.3, -0.25) is 9.88 Å². The van der Waals surface area contributed by atoms with E-state index in [0.717, 1.165) is 38.4 Å². The van der Waals surface area contributed by atoms with E-state index in [4.69, 9.17) is 0 Å². The van der Waals surface area contributed by atoms with Gasteiger partial charge in [-0.05, 0) is 12.1 Å². The first kappa shape index (κ1) is 9.55. The van der Waals surface area contributed by atoms with Crippen LogP contribution in [0.25, 0.3) is 0 Å². The Morgan fingerprint density at radius 2 is 2.21 bits per heavy atom. The van der Waals surface area contributed by atoms with Gasteiger partial charge in [-0.25, -0.2) is 4.39 Å². The zero-order chi connectivity index (χ0) is 9.80. The zero-order valence-corrected chi connectivity index (χ0v) is 8.04. The van der Waals surface area contributed by atoms with Gasteiger partial charge in [-0.15, -0.1) is 0 Å². The molecule has 1 N–H and O–H groups in total. The van der Waals surface area contributed by atoms with Crippen molar-refractivity contribution in [2.45, 2.75) is 6.54 Å². The minimum absolute atomic E-state index is 0.204. The molecule has 1 aromatic rings. The van der Waals surface area contributed by atoms with Crippen molar-refractivity contribution in [3.63, 3.8) is 0 Å². The molecular formula is C10H14FN3. The maximum atomic E-state index is 12.9. The third kappa shape index (κ3) is 2.49. The fraction of sp³-hybridized carbons (Fsp3) is 0.500. The third-order valence-corrected chi connectivity index (χ3v) is 2.37. The Hall–Kier alpha value is -1.00. The highest BCUT2D eigenvalue weighted by Gasteiger charge is 2.10. The Kier molecular flexibility index (Phi) is 3.06. The molecule has 0 radical (unpaired) electrons. The van der Waals surface area contributed by atoms with Crippen LogP contribution in [0.1, 0.15) is 5.69 Å². The fourth-order valence-electron chi connectivity index (χ4n) is 1.63. The van der Waals surface area contributed by atoms with Gasteiger partial charge in [0.1, 0.15) is 5.82 Å². The van der Waals surface area contributed by atoms with Gasteiger partial charge in [0.15, 0.2) is 0 Å². The summed E-state index contributed by atoms with van der Waals surface area (Å²) in [4.78, 5) is 6.41. The van der Waals surface area contributed by atoms with Crippen LogP contribution in [0.3, 0.4) is 0 Å². The van der Waals surface area contributed by atoms with Crippen LogP contribution < -0.4 is 5.32 Å². The van der Waals surface area contributed by atoms with Crippen LogP contribution in [-0.4, -0.2) is 36.1 Å². The van der Waals surface area contributed by atoms with E-state index in [2.05, 4.69) is 15.2 Å². The predicted molar refractivity (Wildman–Crippen MR) is 52.3 cm³/mol. The van der Waals surface area contributed by atoms with E-state index >= 15 is 0 Å². The number of nitrogens with zero attached hydrogens (tertiary/aromatic N) is 2. The van der Waals surface area contributed by atoms with Crippen molar-refractivity contribution in [2.75, 3.05) is 26.2 Å². The van der Waals surface area contributed by atoms with E-state index in [1.54, 1.807) is 0 Å². The average molecular weight is 195 g/mol. The monoisotopic (exact) mass is 195 g/mol. The lowest BCUT2D eigenvalue weighted by Gasteiger charge is -2.26. The van der Waals surface area contributed by atoms with Crippen molar-refractivity contribution in [2.24, 2.45) is 0 Å². The molecule has 3 nitrogen and oxygen atoms in total. The number of piperazine rings is 1. The maximum Gasteiger partial charge on any atom is 0.126 e. The van der Waals surface area contributed by atoms with Crippen LogP contribution in [0.4, 0.5) is 4.39 Å². The smallest absolute Gasteiger partial charge is 0.126 e. The second-order valence-electron chi connectivity index (χ2n) is 3.49. The molecule has 1 aromatic heterocycles. The molecule has 1 aliphatic rings. The number of hydrogen-bond acceptors (Lipinski definition) is 3. The summed E-state index contributed by atoms with van der Waals surface area (Å²) in [5, 5.41) is 3.28. The largest absolute Gasteiger partial charge is 0.314 e. The number of rotatable bonds is 2. The molecule has 0 spiro atoms. The fourth-order valence-corrected chi connectivity index (χ4v) is 1.63. The molecule has 2 rings (SSSR count). The number of nitrogens with one attached hydrogen (secondary N) is 1. The van der Waals surface area contributed by atoms with E-state index in [1.165, 1.54) is 18.3 Å². The van der Waals surface area contributed by atoms with E-state index in [1.807, 2.05) is 0 Å². The minimum atomic E-state index is -0.204. The first-order valence-corrected chi connectivity index (χ1v) is 4.88. The number of hydrogen-bond donors (Lipinski definition) is 1. The van der Waals surface area contributed by atoms with Gasteiger partial charge in [-0.1, -0.05) is 0 Å². The van der Waals surface area contributed by atoms with Crippen molar-refractivity contribution < 1.29 is 4.39 Å². The van der Waals surface area contributed by atoms with Gasteiger partial charge in [-0.2, -0.15) is 0 Å². The van der Waals surface area contributed by atoms with Crippen molar-refractivity contribution in [3.8, 4) is 0 Å². The predicted octanol–water partition coefficient (Wildman–Crippen LogP) is 0.626. The normalized spacial score (nSPS) is 18.4. The van der Waals surface area contributed by atoms with Gasteiger partial charge in [0, 0.05) is 38.9 Å². The van der Waals surface area contributed by atoms with Gasteiger partial charge in [0.05, 0.1) is 5.69 Å². The summed E-state index contributed by atoms with van der Waals surface area (Å²) in [6, 6.07) is 2.88. The van der Waals surface area contributed by atoms with Crippen LogP contribution in [0.15, 0.2) is 18.3 Å². The Bertz CT molecular complexity index is 297. The van der Waals surface area contributed by atoms with Crippen LogP contribution >= 0.6 is 0 Å². The molecule has 0 atom stereocenters. The third-order valence-electron chi connectivity index (χ3n) is 2.37. The number of aromatic nitrogens is 1. The summed E-state index contributed by atoms with van der Waals surface area (Å²) < 4.78 is 12.9. The van der Waals surface area contributed by atoms with Crippen molar-refractivity contribution in [3.05, 3.63) is 29.8 Å². The van der Waals surface area contributed by atoms with Crippen molar-refractivity contribution in [1.29, 1.82) is 0 Å². The summed E-state index contributed by atoms with van der Waals surface area (Å²) in [5.41, 5.74) is 0.812. The minimum Gasteiger partial charge on any atom is -0.314 e. The van der Waals surface area contributed by atoms with Crippen LogP contribution in [0.5, 0.6) is 0 Å². The van der Waals surface area contributed by atoms with E-state index in [-0.39, 0.29) is 5.82 Å². The lowest BCUT2D eigenvalue weighted by atomic mass is 10.3. The maximum absolute atomic E-state index is 12.9. The topological polar surface area (TPSA) is 28.2 Å². The zero-order valence-electron chi connectivity index (χ0n) is 8.04. The molecule has 0 saturated carbocycles. The van der Waals surface area contributed by atoms with E-state index in [0.29, 0.717) is 0 Å². The lowest BCUT2D eigenvalue weighted by Crippen LogP contribution is -2.43. The lowest BCUT2D eigenvalue weighted by molar-refractivity contribution is 0.230. The highest BCUT2D eigenvalue weighted by atomic mass is 19.1.